The van der Waals surface area contributed by atoms with Gasteiger partial charge >= 0.3 is 12.5 Å². The van der Waals surface area contributed by atoms with Crippen LogP contribution in [-0.4, -0.2) is 46.5 Å². The predicted molar refractivity (Wildman–Crippen MR) is 170 cm³/mol. The quantitative estimate of drug-likeness (QED) is 0.256. The summed E-state index contributed by atoms with van der Waals surface area (Å²) in [6.45, 7) is 7.25. The van der Waals surface area contributed by atoms with Crippen LogP contribution < -0.4 is 4.74 Å². The molecule has 6 nitrogen and oxygen atoms in total. The van der Waals surface area contributed by atoms with Gasteiger partial charge in [0.2, 0.25) is 0 Å². The van der Waals surface area contributed by atoms with Crippen LogP contribution in [0.3, 0.4) is 0 Å². The zero-order valence-corrected chi connectivity index (χ0v) is 27.7. The van der Waals surface area contributed by atoms with E-state index in [1.54, 1.807) is 17.0 Å². The summed E-state index contributed by atoms with van der Waals surface area (Å²) in [6, 6.07) is 9.54. The zero-order valence-electron chi connectivity index (χ0n) is 26.9. The number of ketones is 1. The van der Waals surface area contributed by atoms with E-state index in [9.17, 15) is 27.9 Å². The molecule has 2 aromatic rings. The molecule has 3 spiro atoms. The Balaban J connectivity index is 1.15. The van der Waals surface area contributed by atoms with E-state index in [0.29, 0.717) is 24.9 Å². The highest BCUT2D eigenvalue weighted by molar-refractivity contribution is 7.14. The van der Waals surface area contributed by atoms with Crippen molar-refractivity contribution in [3.8, 4) is 5.75 Å². The first-order chi connectivity index (χ1) is 22.1. The second kappa shape index (κ2) is 9.97. The molecule has 47 heavy (non-hydrogen) atoms. The molecular formula is C37H40F3NO5S. The highest BCUT2D eigenvalue weighted by Gasteiger charge is 2.76. The molecular weight excluding hydrogens is 627 g/mol. The Morgan fingerprint density at radius 2 is 1.72 bits per heavy atom. The van der Waals surface area contributed by atoms with Gasteiger partial charge in [-0.2, -0.15) is 0 Å². The van der Waals surface area contributed by atoms with Crippen molar-refractivity contribution in [3.05, 3.63) is 75.5 Å². The van der Waals surface area contributed by atoms with E-state index >= 15 is 0 Å². The first kappa shape index (κ1) is 31.2. The first-order valence-electron chi connectivity index (χ1n) is 16.7. The lowest BCUT2D eigenvalue weighted by atomic mass is 9.32. The third kappa shape index (κ3) is 4.25. The van der Waals surface area contributed by atoms with Gasteiger partial charge in [-0.15, -0.1) is 24.5 Å². The number of rotatable bonds is 5. The maximum atomic E-state index is 14.6. The van der Waals surface area contributed by atoms with Crippen molar-refractivity contribution in [3.63, 3.8) is 0 Å². The number of carbonyl (C=O) groups is 2. The van der Waals surface area contributed by atoms with Crippen LogP contribution in [0.2, 0.25) is 0 Å². The van der Waals surface area contributed by atoms with Crippen LogP contribution >= 0.6 is 11.3 Å². The molecule has 3 saturated carbocycles. The highest BCUT2D eigenvalue weighted by Crippen LogP contribution is 2.79. The Hall–Kier alpha value is -3.11. The van der Waals surface area contributed by atoms with Crippen LogP contribution in [0.15, 0.2) is 60.2 Å². The molecule has 2 bridgehead atoms. The summed E-state index contributed by atoms with van der Waals surface area (Å²) >= 11 is 1.52. The van der Waals surface area contributed by atoms with Gasteiger partial charge in [0, 0.05) is 33.2 Å². The average molecular weight is 668 g/mol. The van der Waals surface area contributed by atoms with Crippen LogP contribution in [0.4, 0.5) is 18.0 Å². The van der Waals surface area contributed by atoms with Crippen LogP contribution in [0.5, 0.6) is 5.75 Å². The second-order valence-electron chi connectivity index (χ2n) is 15.4. The van der Waals surface area contributed by atoms with Gasteiger partial charge in [-0.1, -0.05) is 44.2 Å². The van der Waals surface area contributed by atoms with E-state index in [1.807, 2.05) is 19.1 Å². The third-order valence-corrected chi connectivity index (χ3v) is 14.4. The van der Waals surface area contributed by atoms with E-state index in [2.05, 4.69) is 36.8 Å². The van der Waals surface area contributed by atoms with Gasteiger partial charge in [0.05, 0.1) is 17.5 Å². The number of carbonyl (C=O) groups excluding carboxylic acids is 2. The maximum Gasteiger partial charge on any atom is 0.573 e. The summed E-state index contributed by atoms with van der Waals surface area (Å²) in [7, 11) is 0. The fourth-order valence-corrected chi connectivity index (χ4v) is 12.0. The standard InChI is InChI=1S/C37H40F3NO5S/c1-22-4-9-27(47-22)30(43)26-19-34-16-17-36(26)28(32(34,2)13-10-24(42)18-34)11-14-33(3)29(36)12-15-35(33)21-41(31(44)46-35)20-23-5-7-25(8-6-23)45-37(38,39)40/h4-9,16-17,19,24,28-29,42H,10-15,18,20-21H2,1-3H3. The summed E-state index contributed by atoms with van der Waals surface area (Å²) in [6.07, 6.45) is 6.80. The summed E-state index contributed by atoms with van der Waals surface area (Å²) in [5.41, 5.74) is -0.611. The molecule has 1 N–H and O–H groups in total. The second-order valence-corrected chi connectivity index (χ2v) is 16.7. The number of aliphatic hydroxyl groups excluding tert-OH is 1. The molecule has 9 rings (SSSR count). The molecule has 0 radical (unpaired) electrons. The average Bonchev–Trinajstić information content (AvgIpc) is 3.67. The minimum atomic E-state index is -4.77. The lowest BCUT2D eigenvalue weighted by molar-refractivity contribution is -0.274. The van der Waals surface area contributed by atoms with Gasteiger partial charge in [-0.05, 0) is 98.9 Å². The van der Waals surface area contributed by atoms with Gasteiger partial charge in [-0.3, -0.25) is 9.69 Å². The molecule has 7 aliphatic rings. The maximum absolute atomic E-state index is 14.6. The van der Waals surface area contributed by atoms with Crippen molar-refractivity contribution >= 4 is 23.2 Å². The number of amides is 1. The number of aliphatic hydroxyl groups is 1. The number of fused-ring (bicyclic) bond motifs is 2. The van der Waals surface area contributed by atoms with Crippen LogP contribution in [0.25, 0.3) is 0 Å². The normalized spacial score (nSPS) is 40.1. The predicted octanol–water partition coefficient (Wildman–Crippen LogP) is 8.39. The fourth-order valence-electron chi connectivity index (χ4n) is 11.2. The number of hydrogen-bond acceptors (Lipinski definition) is 6. The molecule has 10 heteroatoms. The topological polar surface area (TPSA) is 76.1 Å². The molecule has 1 aromatic heterocycles. The Labute approximate surface area is 276 Å². The minimum absolute atomic E-state index is 0.0646. The van der Waals surface area contributed by atoms with Gasteiger partial charge < -0.3 is 14.6 Å². The van der Waals surface area contributed by atoms with Gasteiger partial charge in [0.1, 0.15) is 11.4 Å². The Bertz CT molecular complexity index is 1720. The van der Waals surface area contributed by atoms with Crippen LogP contribution in [-0.2, 0) is 11.3 Å². The lowest BCUT2D eigenvalue weighted by Gasteiger charge is -2.71. The van der Waals surface area contributed by atoms with Crippen molar-refractivity contribution in [2.75, 3.05) is 6.54 Å². The first-order valence-corrected chi connectivity index (χ1v) is 17.5. The third-order valence-electron chi connectivity index (χ3n) is 13.4. The van der Waals surface area contributed by atoms with E-state index in [-0.39, 0.29) is 40.7 Å². The van der Waals surface area contributed by atoms with Gasteiger partial charge in [0.15, 0.2) is 5.78 Å². The van der Waals surface area contributed by atoms with E-state index in [0.717, 1.165) is 47.4 Å². The van der Waals surface area contributed by atoms with E-state index in [4.69, 9.17) is 4.74 Å². The number of benzene rings is 1. The number of thiophene rings is 1. The largest absolute Gasteiger partial charge is 0.573 e. The molecule has 1 aliphatic heterocycles. The molecule has 1 saturated heterocycles. The number of nitrogens with zero attached hydrogens (tertiary/aromatic N) is 1. The van der Waals surface area contributed by atoms with Crippen molar-refractivity contribution in [1.82, 2.24) is 4.90 Å². The molecule has 2 heterocycles. The number of hydrogen-bond donors (Lipinski definition) is 1. The molecule has 6 aliphatic carbocycles. The zero-order chi connectivity index (χ0) is 33.2. The highest BCUT2D eigenvalue weighted by atomic mass is 32.1. The number of Topliss-reactive ketones (excluding diaryl/α,β-unsaturated/α-hetero) is 1. The van der Waals surface area contributed by atoms with Gasteiger partial charge in [-0.25, -0.2) is 4.79 Å². The number of halogens is 3. The monoisotopic (exact) mass is 667 g/mol. The number of aryl methyl sites for hydroxylation is 1. The molecule has 1 amide bonds. The molecule has 8 atom stereocenters. The van der Waals surface area contributed by atoms with E-state index in [1.165, 1.54) is 23.5 Å². The molecule has 4 fully saturated rings. The summed E-state index contributed by atoms with van der Waals surface area (Å²) in [4.78, 5) is 31.6. The smallest absolute Gasteiger partial charge is 0.440 e. The Morgan fingerprint density at radius 1 is 1.02 bits per heavy atom. The van der Waals surface area contributed by atoms with Crippen molar-refractivity contribution in [1.29, 1.82) is 0 Å². The molecule has 1 aromatic carbocycles. The SMILES string of the molecule is Cc1ccc(C(=O)C2=CC34C=CC25C(CCC2(C)C5CCC25CN(Cc2ccc(OC(F)(F)F)cc2)C(=O)O5)C3(C)CCC(O)C4)s1. The number of ether oxygens (including phenoxy) is 2. The number of alkyl halides is 3. The van der Waals surface area contributed by atoms with Crippen molar-refractivity contribution in [2.24, 2.45) is 33.5 Å². The molecule has 250 valence electrons. The summed E-state index contributed by atoms with van der Waals surface area (Å²) in [5, 5.41) is 10.9. The van der Waals surface area contributed by atoms with Crippen LogP contribution in [0, 0.1) is 40.4 Å². The Morgan fingerprint density at radius 3 is 2.43 bits per heavy atom. The Kier molecular flexibility index (Phi) is 6.61. The lowest BCUT2D eigenvalue weighted by Crippen LogP contribution is -2.67. The fraction of sp³-hybridized carbons (Fsp3) is 0.568. The summed E-state index contributed by atoms with van der Waals surface area (Å²) < 4.78 is 48.4. The van der Waals surface area contributed by atoms with Crippen molar-refractivity contribution in [2.45, 2.75) is 90.3 Å². The molecule has 8 unspecified atom stereocenters. The van der Waals surface area contributed by atoms with Crippen LogP contribution in [0.1, 0.15) is 78.9 Å². The minimum Gasteiger partial charge on any atom is -0.440 e. The van der Waals surface area contributed by atoms with Crippen molar-refractivity contribution < 1.29 is 37.3 Å². The summed E-state index contributed by atoms with van der Waals surface area (Å²) in [5.74, 6) is 0.0523. The van der Waals surface area contributed by atoms with Gasteiger partial charge in [0.25, 0.3) is 0 Å². The number of allylic oxidation sites excluding steroid dienone is 4. The van der Waals surface area contributed by atoms with E-state index < -0.39 is 35.0 Å².